The zero-order chi connectivity index (χ0) is 9.59. The normalized spacial score (nSPS) is 41.1. The van der Waals surface area contributed by atoms with Crippen LogP contribution in [0.5, 0.6) is 0 Å². The van der Waals surface area contributed by atoms with Gasteiger partial charge in [-0.25, -0.2) is 0 Å². The second-order valence-corrected chi connectivity index (χ2v) is 4.22. The quantitative estimate of drug-likeness (QED) is 0.602. The van der Waals surface area contributed by atoms with Crippen molar-refractivity contribution < 1.29 is 9.59 Å². The van der Waals surface area contributed by atoms with Gasteiger partial charge in [0.15, 0.2) is 0 Å². The molecule has 0 heterocycles. The molecule has 0 radical (unpaired) electrons. The van der Waals surface area contributed by atoms with Gasteiger partial charge in [-0.05, 0) is 32.1 Å². The van der Waals surface area contributed by atoms with Crippen LogP contribution < -0.4 is 0 Å². The van der Waals surface area contributed by atoms with Crippen molar-refractivity contribution in [3.63, 3.8) is 0 Å². The van der Waals surface area contributed by atoms with E-state index in [2.05, 4.69) is 12.2 Å². The minimum atomic E-state index is -0.0208. The fourth-order valence-electron chi connectivity index (χ4n) is 2.93. The highest BCUT2D eigenvalue weighted by Crippen LogP contribution is 2.48. The number of carbonyl (C=O) groups is 2. The molecule has 1 saturated carbocycles. The number of hydrogen-bond acceptors (Lipinski definition) is 2. The first-order valence-corrected chi connectivity index (χ1v) is 4.80. The molecule has 4 unspecified atom stereocenters. The van der Waals surface area contributed by atoms with Gasteiger partial charge in [0.1, 0.15) is 11.6 Å². The van der Waals surface area contributed by atoms with Crippen molar-refractivity contribution in [3.05, 3.63) is 12.2 Å². The van der Waals surface area contributed by atoms with Crippen LogP contribution in [0.15, 0.2) is 12.2 Å². The van der Waals surface area contributed by atoms with Gasteiger partial charge < -0.3 is 0 Å². The second kappa shape index (κ2) is 2.79. The average Bonchev–Trinajstić information content (AvgIpc) is 2.60. The Kier molecular flexibility index (Phi) is 1.86. The van der Waals surface area contributed by atoms with Gasteiger partial charge in [-0.15, -0.1) is 0 Å². The highest BCUT2D eigenvalue weighted by Gasteiger charge is 2.48. The molecule has 0 N–H and O–H groups in total. The van der Waals surface area contributed by atoms with E-state index in [0.29, 0.717) is 11.8 Å². The Balaban J connectivity index is 2.30. The molecule has 0 aromatic heterocycles. The van der Waals surface area contributed by atoms with E-state index in [1.165, 1.54) is 0 Å². The lowest BCUT2D eigenvalue weighted by Gasteiger charge is -2.23. The molecule has 2 rings (SSSR count). The Bertz CT molecular complexity index is 262. The number of carbonyl (C=O) groups excluding carboxylic acids is 2. The van der Waals surface area contributed by atoms with Crippen molar-refractivity contribution in [2.45, 2.75) is 20.3 Å². The summed E-state index contributed by atoms with van der Waals surface area (Å²) in [4.78, 5) is 22.7. The van der Waals surface area contributed by atoms with E-state index in [1.807, 2.05) is 0 Å². The maximum atomic E-state index is 11.4. The summed E-state index contributed by atoms with van der Waals surface area (Å²) >= 11 is 0. The summed E-state index contributed by atoms with van der Waals surface area (Å²) in [5.74, 6) is 1.00. The van der Waals surface area contributed by atoms with E-state index in [1.54, 1.807) is 13.8 Å². The largest absolute Gasteiger partial charge is 0.300 e. The second-order valence-electron chi connectivity index (χ2n) is 4.22. The fourth-order valence-corrected chi connectivity index (χ4v) is 2.93. The molecule has 70 valence electrons. The Labute approximate surface area is 78.0 Å². The summed E-state index contributed by atoms with van der Waals surface area (Å²) in [6.07, 6.45) is 5.22. The van der Waals surface area contributed by atoms with Crippen molar-refractivity contribution >= 4 is 11.6 Å². The molecule has 2 aliphatic carbocycles. The van der Waals surface area contributed by atoms with Gasteiger partial charge in [0, 0.05) is 11.8 Å². The molecule has 0 aliphatic heterocycles. The fraction of sp³-hybridized carbons (Fsp3) is 0.636. The SMILES string of the molecule is CC(=O)C1C2C=CC(C2)C1C(C)=O. The van der Waals surface area contributed by atoms with Crippen LogP contribution in [0.4, 0.5) is 0 Å². The highest BCUT2D eigenvalue weighted by atomic mass is 16.1. The first kappa shape index (κ1) is 8.67. The molecule has 0 amide bonds. The predicted octanol–water partition coefficient (Wildman–Crippen LogP) is 1.60. The summed E-state index contributed by atoms with van der Waals surface area (Å²) in [6, 6.07) is 0. The Morgan fingerprint density at radius 3 is 1.69 bits per heavy atom. The first-order valence-electron chi connectivity index (χ1n) is 4.80. The molecular formula is C11H14O2. The van der Waals surface area contributed by atoms with Crippen LogP contribution >= 0.6 is 0 Å². The van der Waals surface area contributed by atoms with E-state index < -0.39 is 0 Å². The Morgan fingerprint density at radius 1 is 1.00 bits per heavy atom. The van der Waals surface area contributed by atoms with Gasteiger partial charge in [0.25, 0.3) is 0 Å². The van der Waals surface area contributed by atoms with Crippen LogP contribution in [-0.4, -0.2) is 11.6 Å². The van der Waals surface area contributed by atoms with Crippen molar-refractivity contribution in [1.82, 2.24) is 0 Å². The summed E-state index contributed by atoms with van der Waals surface area (Å²) in [7, 11) is 0. The maximum Gasteiger partial charge on any atom is 0.134 e. The lowest BCUT2D eigenvalue weighted by Crippen LogP contribution is -2.30. The van der Waals surface area contributed by atoms with Gasteiger partial charge >= 0.3 is 0 Å². The Hall–Kier alpha value is -0.920. The zero-order valence-corrected chi connectivity index (χ0v) is 7.99. The number of fused-ring (bicyclic) bond motifs is 2. The standard InChI is InChI=1S/C11H14O2/c1-6(12)10-8-3-4-9(5-8)11(10)7(2)13/h3-4,8-11H,5H2,1-2H3. The molecule has 0 spiro atoms. The first-order chi connectivity index (χ1) is 6.11. The smallest absolute Gasteiger partial charge is 0.134 e. The lowest BCUT2D eigenvalue weighted by molar-refractivity contribution is -0.130. The van der Waals surface area contributed by atoms with Gasteiger partial charge in [-0.3, -0.25) is 9.59 Å². The molecule has 13 heavy (non-hydrogen) atoms. The highest BCUT2D eigenvalue weighted by molar-refractivity contribution is 5.89. The molecule has 0 saturated heterocycles. The van der Waals surface area contributed by atoms with Crippen molar-refractivity contribution in [2.75, 3.05) is 0 Å². The molecule has 0 aromatic carbocycles. The predicted molar refractivity (Wildman–Crippen MR) is 49.1 cm³/mol. The van der Waals surface area contributed by atoms with E-state index in [0.717, 1.165) is 6.42 Å². The third-order valence-electron chi connectivity index (χ3n) is 3.40. The lowest BCUT2D eigenvalue weighted by atomic mass is 9.79. The number of ketones is 2. The van der Waals surface area contributed by atoms with Gasteiger partial charge in [0.05, 0.1) is 0 Å². The maximum absolute atomic E-state index is 11.4. The molecule has 4 atom stereocenters. The third-order valence-corrected chi connectivity index (χ3v) is 3.40. The number of allylic oxidation sites excluding steroid dienone is 2. The van der Waals surface area contributed by atoms with Crippen LogP contribution in [0.3, 0.4) is 0 Å². The number of hydrogen-bond donors (Lipinski definition) is 0. The van der Waals surface area contributed by atoms with E-state index >= 15 is 0 Å². The van der Waals surface area contributed by atoms with Gasteiger partial charge in [-0.1, -0.05) is 12.2 Å². The summed E-state index contributed by atoms with van der Waals surface area (Å²) in [6.45, 7) is 3.21. The summed E-state index contributed by atoms with van der Waals surface area (Å²) in [5, 5.41) is 0. The number of Topliss-reactive ketones (excluding diaryl/α,β-unsaturated/α-hetero) is 2. The zero-order valence-electron chi connectivity index (χ0n) is 7.99. The van der Waals surface area contributed by atoms with E-state index in [9.17, 15) is 9.59 Å². The minimum Gasteiger partial charge on any atom is -0.300 e. The van der Waals surface area contributed by atoms with Crippen LogP contribution in [0.2, 0.25) is 0 Å². The third kappa shape index (κ3) is 1.16. The molecule has 2 nitrogen and oxygen atoms in total. The average molecular weight is 178 g/mol. The van der Waals surface area contributed by atoms with Gasteiger partial charge in [0.2, 0.25) is 0 Å². The summed E-state index contributed by atoms with van der Waals surface area (Å²) in [5.41, 5.74) is 0. The molecule has 2 aliphatic rings. The van der Waals surface area contributed by atoms with Crippen LogP contribution in [0.1, 0.15) is 20.3 Å². The monoisotopic (exact) mass is 178 g/mol. The van der Waals surface area contributed by atoms with E-state index in [-0.39, 0.29) is 23.4 Å². The Morgan fingerprint density at radius 2 is 1.38 bits per heavy atom. The van der Waals surface area contributed by atoms with Crippen LogP contribution in [0, 0.1) is 23.7 Å². The number of rotatable bonds is 2. The van der Waals surface area contributed by atoms with Crippen LogP contribution in [0.25, 0.3) is 0 Å². The minimum absolute atomic E-state index is 0.0208. The van der Waals surface area contributed by atoms with Crippen molar-refractivity contribution in [1.29, 1.82) is 0 Å². The topological polar surface area (TPSA) is 34.1 Å². The molecule has 1 fully saturated rings. The molecular weight excluding hydrogens is 164 g/mol. The molecule has 0 aromatic rings. The molecule has 2 heteroatoms. The van der Waals surface area contributed by atoms with Crippen LogP contribution in [-0.2, 0) is 9.59 Å². The molecule has 2 bridgehead atoms. The van der Waals surface area contributed by atoms with Crippen molar-refractivity contribution in [2.24, 2.45) is 23.7 Å². The van der Waals surface area contributed by atoms with Gasteiger partial charge in [-0.2, -0.15) is 0 Å². The van der Waals surface area contributed by atoms with Crippen molar-refractivity contribution in [3.8, 4) is 0 Å². The summed E-state index contributed by atoms with van der Waals surface area (Å²) < 4.78 is 0. The van der Waals surface area contributed by atoms with E-state index in [4.69, 9.17) is 0 Å².